The number of carbonyl (C=O) groups is 2. The molecule has 3 unspecified atom stereocenters. The van der Waals surface area contributed by atoms with Gasteiger partial charge in [-0.2, -0.15) is 0 Å². The van der Waals surface area contributed by atoms with Crippen LogP contribution >= 0.6 is 0 Å². The highest BCUT2D eigenvalue weighted by Crippen LogP contribution is 2.18. The van der Waals surface area contributed by atoms with Crippen molar-refractivity contribution in [2.24, 2.45) is 0 Å². The van der Waals surface area contributed by atoms with Crippen LogP contribution in [0.3, 0.4) is 0 Å². The van der Waals surface area contributed by atoms with Crippen molar-refractivity contribution >= 4 is 11.9 Å². The molecule has 0 aliphatic carbocycles. The number of allylic oxidation sites excluding steroid dienone is 6. The minimum absolute atomic E-state index is 0.0766. The van der Waals surface area contributed by atoms with Gasteiger partial charge in [0.25, 0.3) is 0 Å². The molecule has 0 saturated heterocycles. The second-order valence-electron chi connectivity index (χ2n) is 18.0. The van der Waals surface area contributed by atoms with E-state index in [1.807, 2.05) is 0 Å². The lowest BCUT2D eigenvalue weighted by molar-refractivity contribution is -0.151. The quantitative estimate of drug-likeness (QED) is 0.0322. The number of nitrogens with one attached hydrogen (secondary N) is 1. The predicted octanol–water partition coefficient (Wildman–Crippen LogP) is 15.7. The monoisotopic (exact) mass is 844 g/mol. The highest BCUT2D eigenvalue weighted by Gasteiger charge is 2.24. The van der Waals surface area contributed by atoms with Gasteiger partial charge in [-0.3, -0.25) is 9.59 Å². The van der Waals surface area contributed by atoms with Crippen LogP contribution in [0.5, 0.6) is 0 Å². The van der Waals surface area contributed by atoms with Crippen molar-refractivity contribution < 1.29 is 24.5 Å². The first-order chi connectivity index (χ1) is 29.5. The van der Waals surface area contributed by atoms with E-state index in [0.29, 0.717) is 19.3 Å². The molecule has 6 heteroatoms. The van der Waals surface area contributed by atoms with Crippen LogP contribution in [0, 0.1) is 0 Å². The average Bonchev–Trinajstić information content (AvgIpc) is 3.24. The standard InChI is InChI=1S/C54H101NO5/c1-4-7-10-13-16-19-21-23-25-26-28-29-31-34-36-39-42-45-50(48-53(58)55-51(49-56)52(57)46-43-40-37-33-18-15-12-9-6-3)60-54(59)47-44-41-38-35-32-30-27-24-22-20-17-14-11-8-5-2/h8,11,14,17,20,22,50-52,56-57H,4-7,9-10,12-13,15-16,18-19,21,23-49H2,1-3H3,(H,55,58)/b11-8+,17-14+,22-20+. The molecule has 0 fully saturated rings. The fraction of sp³-hybridized carbons (Fsp3) is 0.852. The van der Waals surface area contributed by atoms with Gasteiger partial charge in [0, 0.05) is 6.42 Å². The van der Waals surface area contributed by atoms with Crippen molar-refractivity contribution in [3.63, 3.8) is 0 Å². The number of hydrogen-bond donors (Lipinski definition) is 3. The van der Waals surface area contributed by atoms with Gasteiger partial charge in [-0.25, -0.2) is 0 Å². The first-order valence-corrected chi connectivity index (χ1v) is 26.2. The third-order valence-electron chi connectivity index (χ3n) is 12.0. The largest absolute Gasteiger partial charge is 0.462 e. The lowest BCUT2D eigenvalue weighted by Crippen LogP contribution is -2.46. The molecule has 0 bridgehead atoms. The Morgan fingerprint density at radius 2 is 0.900 bits per heavy atom. The third-order valence-corrected chi connectivity index (χ3v) is 12.0. The zero-order valence-electron chi connectivity index (χ0n) is 40.1. The number of hydrogen-bond acceptors (Lipinski definition) is 5. The highest BCUT2D eigenvalue weighted by molar-refractivity contribution is 5.77. The van der Waals surface area contributed by atoms with Crippen LogP contribution in [0.15, 0.2) is 36.5 Å². The summed E-state index contributed by atoms with van der Waals surface area (Å²) in [6.07, 6.45) is 56.4. The topological polar surface area (TPSA) is 95.9 Å². The van der Waals surface area contributed by atoms with E-state index in [9.17, 15) is 19.8 Å². The number of ether oxygens (including phenoxy) is 1. The molecule has 352 valence electrons. The van der Waals surface area contributed by atoms with Crippen molar-refractivity contribution in [1.29, 1.82) is 0 Å². The SMILES string of the molecule is CC/C=C/C=C/C=C/CCCCCCCCCC(=O)OC(CCCCCCCCCCCCCCCCCCC)CC(=O)NC(CO)C(O)CCCCCCCCCCC. The van der Waals surface area contributed by atoms with Gasteiger partial charge in [-0.1, -0.05) is 250 Å². The minimum atomic E-state index is -0.785. The summed E-state index contributed by atoms with van der Waals surface area (Å²) in [5.74, 6) is -0.476. The second kappa shape index (κ2) is 48.1. The fourth-order valence-corrected chi connectivity index (χ4v) is 8.08. The van der Waals surface area contributed by atoms with Crippen LogP contribution in [0.25, 0.3) is 0 Å². The smallest absolute Gasteiger partial charge is 0.306 e. The molecule has 0 aromatic carbocycles. The van der Waals surface area contributed by atoms with Crippen molar-refractivity contribution in [2.45, 2.75) is 289 Å². The van der Waals surface area contributed by atoms with Crippen LogP contribution in [0.1, 0.15) is 271 Å². The molecule has 0 heterocycles. The summed E-state index contributed by atoms with van der Waals surface area (Å²) in [7, 11) is 0. The van der Waals surface area contributed by atoms with Crippen LogP contribution in [0.2, 0.25) is 0 Å². The molecule has 1 amide bonds. The molecular weight excluding hydrogens is 743 g/mol. The van der Waals surface area contributed by atoms with E-state index in [0.717, 1.165) is 64.2 Å². The van der Waals surface area contributed by atoms with E-state index in [2.05, 4.69) is 62.5 Å². The molecule has 0 radical (unpaired) electrons. The van der Waals surface area contributed by atoms with Gasteiger partial charge >= 0.3 is 5.97 Å². The zero-order chi connectivity index (χ0) is 43.8. The summed E-state index contributed by atoms with van der Waals surface area (Å²) in [4.78, 5) is 26.1. The Balaban J connectivity index is 4.55. The van der Waals surface area contributed by atoms with E-state index in [4.69, 9.17) is 4.74 Å². The molecular formula is C54H101NO5. The maximum absolute atomic E-state index is 13.2. The Morgan fingerprint density at radius 1 is 0.500 bits per heavy atom. The summed E-state index contributed by atoms with van der Waals surface area (Å²) in [6.45, 7) is 6.35. The number of amides is 1. The first-order valence-electron chi connectivity index (χ1n) is 26.2. The Kier molecular flexibility index (Phi) is 46.6. The van der Waals surface area contributed by atoms with Crippen LogP contribution < -0.4 is 5.32 Å². The van der Waals surface area contributed by atoms with Crippen molar-refractivity contribution in [1.82, 2.24) is 5.32 Å². The van der Waals surface area contributed by atoms with E-state index in [1.165, 1.54) is 161 Å². The maximum Gasteiger partial charge on any atom is 0.306 e. The second-order valence-corrected chi connectivity index (χ2v) is 18.0. The van der Waals surface area contributed by atoms with Crippen molar-refractivity contribution in [2.75, 3.05) is 6.61 Å². The molecule has 0 spiro atoms. The number of unbranched alkanes of at least 4 members (excludes halogenated alkanes) is 31. The number of aliphatic hydroxyl groups is 2. The van der Waals surface area contributed by atoms with Crippen LogP contribution in [-0.4, -0.2) is 46.9 Å². The Bertz CT molecular complexity index is 993. The van der Waals surface area contributed by atoms with Gasteiger partial charge in [-0.05, 0) is 44.9 Å². The lowest BCUT2D eigenvalue weighted by Gasteiger charge is -2.24. The van der Waals surface area contributed by atoms with E-state index in [-0.39, 0.29) is 24.9 Å². The van der Waals surface area contributed by atoms with E-state index >= 15 is 0 Å². The Morgan fingerprint density at radius 3 is 1.35 bits per heavy atom. The molecule has 0 aromatic heterocycles. The molecule has 0 aliphatic heterocycles. The summed E-state index contributed by atoms with van der Waals surface area (Å²) in [5.41, 5.74) is 0. The van der Waals surface area contributed by atoms with Gasteiger partial charge < -0.3 is 20.3 Å². The molecule has 60 heavy (non-hydrogen) atoms. The van der Waals surface area contributed by atoms with E-state index in [1.54, 1.807) is 0 Å². The van der Waals surface area contributed by atoms with Crippen molar-refractivity contribution in [3.8, 4) is 0 Å². The average molecular weight is 844 g/mol. The molecule has 6 nitrogen and oxygen atoms in total. The first kappa shape index (κ1) is 58.1. The van der Waals surface area contributed by atoms with Crippen molar-refractivity contribution in [3.05, 3.63) is 36.5 Å². The van der Waals surface area contributed by atoms with Gasteiger partial charge in [-0.15, -0.1) is 0 Å². The molecule has 0 aliphatic rings. The Hall–Kier alpha value is -1.92. The summed E-state index contributed by atoms with van der Waals surface area (Å²) in [5, 5.41) is 23.7. The molecule has 3 N–H and O–H groups in total. The summed E-state index contributed by atoms with van der Waals surface area (Å²) < 4.78 is 5.94. The number of carbonyl (C=O) groups excluding carboxylic acids is 2. The number of rotatable bonds is 47. The molecule has 0 rings (SSSR count). The van der Waals surface area contributed by atoms with Gasteiger partial charge in [0.2, 0.25) is 5.91 Å². The fourth-order valence-electron chi connectivity index (χ4n) is 8.08. The summed E-state index contributed by atoms with van der Waals surface area (Å²) >= 11 is 0. The Labute approximate surface area is 373 Å². The molecule has 3 atom stereocenters. The van der Waals surface area contributed by atoms with Crippen LogP contribution in [0.4, 0.5) is 0 Å². The zero-order valence-corrected chi connectivity index (χ0v) is 40.1. The normalized spacial score (nSPS) is 13.5. The molecule has 0 aromatic rings. The maximum atomic E-state index is 13.2. The summed E-state index contributed by atoms with van der Waals surface area (Å²) in [6, 6.07) is -0.699. The molecule has 0 saturated carbocycles. The minimum Gasteiger partial charge on any atom is -0.462 e. The number of esters is 1. The van der Waals surface area contributed by atoms with E-state index < -0.39 is 18.2 Å². The van der Waals surface area contributed by atoms with Gasteiger partial charge in [0.1, 0.15) is 6.10 Å². The third kappa shape index (κ3) is 42.8. The number of aliphatic hydroxyl groups excluding tert-OH is 2. The van der Waals surface area contributed by atoms with Crippen LogP contribution in [-0.2, 0) is 14.3 Å². The highest BCUT2D eigenvalue weighted by atomic mass is 16.5. The van der Waals surface area contributed by atoms with Gasteiger partial charge in [0.05, 0.1) is 25.2 Å². The lowest BCUT2D eigenvalue weighted by atomic mass is 10.0. The predicted molar refractivity (Wildman–Crippen MR) is 259 cm³/mol. The van der Waals surface area contributed by atoms with Gasteiger partial charge in [0.15, 0.2) is 0 Å².